The first kappa shape index (κ1) is 13.5. The molecule has 1 aromatic heterocycles. The number of nitrogens with zero attached hydrogens (tertiary/aromatic N) is 2. The number of thiazole rings is 1. The van der Waals surface area contributed by atoms with Gasteiger partial charge in [-0.25, -0.2) is 4.98 Å². The molecular weight excluding hydrogens is 248 g/mol. The lowest BCUT2D eigenvalue weighted by Crippen LogP contribution is -2.32. The summed E-state index contributed by atoms with van der Waals surface area (Å²) in [4.78, 5) is 18.3. The SMILES string of the molecule is CC(N)C(=O)Nc1nc(CN2CCCCC2)cs1. The van der Waals surface area contributed by atoms with Crippen LogP contribution in [0, 0.1) is 0 Å². The molecule has 1 unspecified atom stereocenters. The number of amides is 1. The minimum absolute atomic E-state index is 0.186. The standard InChI is InChI=1S/C12H20N4OS/c1-9(13)11(17)15-12-14-10(8-18-12)7-16-5-3-2-4-6-16/h8-9H,2-7,13H2,1H3,(H,14,15,17). The Labute approximate surface area is 111 Å². The Kier molecular flexibility index (Phi) is 4.68. The Hall–Kier alpha value is -0.980. The van der Waals surface area contributed by atoms with Gasteiger partial charge in [-0.05, 0) is 32.9 Å². The van der Waals surface area contributed by atoms with Crippen molar-refractivity contribution in [3.8, 4) is 0 Å². The number of aromatic nitrogens is 1. The highest BCUT2D eigenvalue weighted by atomic mass is 32.1. The molecule has 5 nitrogen and oxygen atoms in total. The van der Waals surface area contributed by atoms with Crippen molar-refractivity contribution < 1.29 is 4.79 Å². The van der Waals surface area contributed by atoms with Crippen molar-refractivity contribution in [2.45, 2.75) is 38.8 Å². The van der Waals surface area contributed by atoms with Crippen LogP contribution in [-0.4, -0.2) is 34.9 Å². The molecule has 1 atom stereocenters. The van der Waals surface area contributed by atoms with Crippen LogP contribution >= 0.6 is 11.3 Å². The van der Waals surface area contributed by atoms with Crippen molar-refractivity contribution >= 4 is 22.4 Å². The van der Waals surface area contributed by atoms with Crippen molar-refractivity contribution in [2.75, 3.05) is 18.4 Å². The third-order valence-corrected chi connectivity index (χ3v) is 3.84. The third kappa shape index (κ3) is 3.76. The normalized spacial score (nSPS) is 18.6. The highest BCUT2D eigenvalue weighted by molar-refractivity contribution is 7.13. The fourth-order valence-corrected chi connectivity index (χ4v) is 2.71. The van der Waals surface area contributed by atoms with Crippen LogP contribution in [0.1, 0.15) is 31.9 Å². The maximum absolute atomic E-state index is 11.4. The van der Waals surface area contributed by atoms with Gasteiger partial charge in [0.1, 0.15) is 0 Å². The molecule has 3 N–H and O–H groups in total. The highest BCUT2D eigenvalue weighted by Gasteiger charge is 2.14. The zero-order valence-corrected chi connectivity index (χ0v) is 11.5. The van der Waals surface area contributed by atoms with Gasteiger partial charge in [-0.1, -0.05) is 6.42 Å². The zero-order chi connectivity index (χ0) is 13.0. The summed E-state index contributed by atoms with van der Waals surface area (Å²) in [6.07, 6.45) is 3.89. The van der Waals surface area contributed by atoms with Crippen molar-refractivity contribution in [3.63, 3.8) is 0 Å². The minimum atomic E-state index is -0.501. The summed E-state index contributed by atoms with van der Waals surface area (Å²) in [5.41, 5.74) is 6.53. The molecule has 1 aliphatic heterocycles. The summed E-state index contributed by atoms with van der Waals surface area (Å²) in [5.74, 6) is -0.186. The quantitative estimate of drug-likeness (QED) is 0.866. The first-order valence-electron chi connectivity index (χ1n) is 6.38. The van der Waals surface area contributed by atoms with Gasteiger partial charge >= 0.3 is 0 Å². The topological polar surface area (TPSA) is 71.2 Å². The van der Waals surface area contributed by atoms with Gasteiger partial charge in [0.05, 0.1) is 11.7 Å². The summed E-state index contributed by atoms with van der Waals surface area (Å²) in [6, 6.07) is -0.501. The van der Waals surface area contributed by atoms with Gasteiger partial charge in [-0.3, -0.25) is 9.69 Å². The number of carbonyl (C=O) groups is 1. The molecule has 2 rings (SSSR count). The van der Waals surface area contributed by atoms with E-state index in [1.807, 2.05) is 5.38 Å². The zero-order valence-electron chi connectivity index (χ0n) is 10.7. The predicted octanol–water partition coefficient (Wildman–Crippen LogP) is 1.41. The Morgan fingerprint density at radius 2 is 2.28 bits per heavy atom. The van der Waals surface area contributed by atoms with E-state index in [2.05, 4.69) is 15.2 Å². The molecule has 1 saturated heterocycles. The van der Waals surface area contributed by atoms with Crippen molar-refractivity contribution in [2.24, 2.45) is 5.73 Å². The number of hydrogen-bond donors (Lipinski definition) is 2. The van der Waals surface area contributed by atoms with E-state index in [1.54, 1.807) is 6.92 Å². The first-order chi connectivity index (χ1) is 8.65. The molecule has 0 spiro atoms. The van der Waals surface area contributed by atoms with Gasteiger partial charge < -0.3 is 11.1 Å². The van der Waals surface area contributed by atoms with Crippen LogP contribution in [0.25, 0.3) is 0 Å². The molecular formula is C12H20N4OS. The molecule has 100 valence electrons. The van der Waals surface area contributed by atoms with Crippen LogP contribution in [0.2, 0.25) is 0 Å². The van der Waals surface area contributed by atoms with Crippen molar-refractivity contribution in [1.29, 1.82) is 0 Å². The van der Waals surface area contributed by atoms with E-state index in [-0.39, 0.29) is 5.91 Å². The number of nitrogens with two attached hydrogens (primary N) is 1. The van der Waals surface area contributed by atoms with Crippen molar-refractivity contribution in [1.82, 2.24) is 9.88 Å². The number of anilines is 1. The maximum Gasteiger partial charge on any atom is 0.242 e. The smallest absolute Gasteiger partial charge is 0.242 e. The van der Waals surface area contributed by atoms with Gasteiger partial charge in [-0.2, -0.15) is 0 Å². The Bertz CT molecular complexity index is 399. The van der Waals surface area contributed by atoms with Crippen LogP contribution in [-0.2, 0) is 11.3 Å². The molecule has 2 heterocycles. The largest absolute Gasteiger partial charge is 0.320 e. The number of nitrogens with one attached hydrogen (secondary N) is 1. The lowest BCUT2D eigenvalue weighted by molar-refractivity contribution is -0.117. The predicted molar refractivity (Wildman–Crippen MR) is 73.5 cm³/mol. The molecule has 0 radical (unpaired) electrons. The molecule has 1 aromatic rings. The van der Waals surface area contributed by atoms with E-state index in [0.717, 1.165) is 25.3 Å². The van der Waals surface area contributed by atoms with Crippen LogP contribution in [0.15, 0.2) is 5.38 Å². The average Bonchev–Trinajstić information content (AvgIpc) is 2.77. The summed E-state index contributed by atoms with van der Waals surface area (Å²) in [6.45, 7) is 4.85. The molecule has 0 aliphatic carbocycles. The van der Waals surface area contributed by atoms with E-state index >= 15 is 0 Å². The van der Waals surface area contributed by atoms with E-state index in [0.29, 0.717) is 5.13 Å². The molecule has 0 saturated carbocycles. The molecule has 1 amide bonds. The van der Waals surface area contributed by atoms with Gasteiger partial charge in [0.25, 0.3) is 0 Å². The van der Waals surface area contributed by atoms with Gasteiger partial charge in [-0.15, -0.1) is 11.3 Å². The Balaban J connectivity index is 1.87. The Morgan fingerprint density at radius 3 is 2.94 bits per heavy atom. The summed E-state index contributed by atoms with van der Waals surface area (Å²) in [5, 5.41) is 5.37. The fraction of sp³-hybridized carbons (Fsp3) is 0.667. The number of rotatable bonds is 4. The summed E-state index contributed by atoms with van der Waals surface area (Å²) < 4.78 is 0. The third-order valence-electron chi connectivity index (χ3n) is 3.03. The van der Waals surface area contributed by atoms with E-state index < -0.39 is 6.04 Å². The Morgan fingerprint density at radius 1 is 1.56 bits per heavy atom. The first-order valence-corrected chi connectivity index (χ1v) is 7.26. The van der Waals surface area contributed by atoms with Gasteiger partial charge in [0, 0.05) is 11.9 Å². The molecule has 18 heavy (non-hydrogen) atoms. The van der Waals surface area contributed by atoms with E-state index in [1.165, 1.54) is 30.6 Å². The lowest BCUT2D eigenvalue weighted by atomic mass is 10.1. The fourth-order valence-electron chi connectivity index (χ4n) is 2.00. The van der Waals surface area contributed by atoms with Crippen LogP contribution < -0.4 is 11.1 Å². The summed E-state index contributed by atoms with van der Waals surface area (Å²) in [7, 11) is 0. The number of hydrogen-bond acceptors (Lipinski definition) is 5. The maximum atomic E-state index is 11.4. The van der Waals surface area contributed by atoms with Crippen LogP contribution in [0.4, 0.5) is 5.13 Å². The van der Waals surface area contributed by atoms with E-state index in [4.69, 9.17) is 5.73 Å². The number of carbonyl (C=O) groups excluding carboxylic acids is 1. The van der Waals surface area contributed by atoms with Gasteiger partial charge in [0.2, 0.25) is 5.91 Å². The van der Waals surface area contributed by atoms with Crippen LogP contribution in [0.3, 0.4) is 0 Å². The molecule has 1 fully saturated rings. The second-order valence-electron chi connectivity index (χ2n) is 4.76. The monoisotopic (exact) mass is 268 g/mol. The van der Waals surface area contributed by atoms with Crippen LogP contribution in [0.5, 0.6) is 0 Å². The molecule has 1 aliphatic rings. The summed E-state index contributed by atoms with van der Waals surface area (Å²) >= 11 is 1.46. The average molecular weight is 268 g/mol. The highest BCUT2D eigenvalue weighted by Crippen LogP contribution is 2.18. The lowest BCUT2D eigenvalue weighted by Gasteiger charge is -2.25. The second kappa shape index (κ2) is 6.26. The minimum Gasteiger partial charge on any atom is -0.320 e. The molecule has 6 heteroatoms. The van der Waals surface area contributed by atoms with E-state index in [9.17, 15) is 4.79 Å². The van der Waals surface area contributed by atoms with Gasteiger partial charge in [0.15, 0.2) is 5.13 Å². The molecule has 0 aromatic carbocycles. The number of likely N-dealkylation sites (tertiary alicyclic amines) is 1. The molecule has 0 bridgehead atoms. The number of piperidine rings is 1. The second-order valence-corrected chi connectivity index (χ2v) is 5.62. The van der Waals surface area contributed by atoms with Crippen molar-refractivity contribution in [3.05, 3.63) is 11.1 Å².